The maximum Gasteiger partial charge on any atom is -0.147 e. The molecule has 0 heterocycles. The standard InChI is InChI=1S/C15H13O2.C10H8O.2C2H5.2ClH.H2Si.Ti/c1-16-12-5-3-10-7-11-4-6-13(17-2)9-15(11)14(10)8-12;11-10-6-5-8-3-1-2-4-9(8)7-10;2*1-2;;;;/h3-9H,1-2H3;1-7,11H;2*1H2,2H3;2*1H;1H2;/q;;;;;;;+1/p-1. The van der Waals surface area contributed by atoms with Gasteiger partial charge in [-0.2, -0.15) is 0 Å². The number of ether oxygens (including phenoxy) is 2. The Morgan fingerprint density at radius 2 is 1.17 bits per heavy atom. The topological polar surface area (TPSA) is 27.7 Å². The maximum absolute atomic E-state index is 7.35. The van der Waals surface area contributed by atoms with Gasteiger partial charge in [-0.05, 0) is 0 Å². The van der Waals surface area contributed by atoms with E-state index >= 15 is 0 Å². The van der Waals surface area contributed by atoms with E-state index < -0.39 is 14.4 Å². The van der Waals surface area contributed by atoms with Crippen molar-refractivity contribution in [2.45, 2.75) is 27.5 Å². The third kappa shape index (κ3) is 4.59. The molecular weight excluding hydrogens is 543 g/mol. The average Bonchev–Trinajstić information content (AvgIpc) is 3.22. The first-order valence-corrected chi connectivity index (χ1v) is 19.8. The zero-order chi connectivity index (χ0) is 23.9. The van der Waals surface area contributed by atoms with Crippen LogP contribution in [0.25, 0.3) is 21.9 Å². The fourth-order valence-electron chi connectivity index (χ4n) is 5.66. The van der Waals surface area contributed by atoms with Crippen molar-refractivity contribution in [1.82, 2.24) is 0 Å². The third-order valence-corrected chi connectivity index (χ3v) is 24.2. The van der Waals surface area contributed by atoms with Crippen LogP contribution in [-0.2, 0) is 14.4 Å². The molecule has 1 aliphatic carbocycles. The summed E-state index contributed by atoms with van der Waals surface area (Å²) in [5.74, 6) is 2.75. The smallest absolute Gasteiger partial charge is 0.147 e. The van der Waals surface area contributed by atoms with Crippen molar-refractivity contribution in [1.29, 1.82) is 0 Å². The summed E-state index contributed by atoms with van der Waals surface area (Å²) in [6, 6.07) is 28.1. The number of fused-ring (bicyclic) bond motifs is 4. The summed E-state index contributed by atoms with van der Waals surface area (Å²) in [7, 11) is 5.66. The molecule has 0 atom stereocenters. The molecule has 4 aromatic carbocycles. The molecular formula is C29H34Cl2O3SiTi. The van der Waals surface area contributed by atoms with Crippen LogP contribution in [0, 0.1) is 0 Å². The molecule has 3 nitrogen and oxygen atoms in total. The van der Waals surface area contributed by atoms with Gasteiger partial charge in [0.05, 0.1) is 0 Å². The molecule has 0 bridgehead atoms. The molecule has 36 heavy (non-hydrogen) atoms. The van der Waals surface area contributed by atoms with Crippen LogP contribution in [0.4, 0.5) is 0 Å². The van der Waals surface area contributed by atoms with E-state index in [2.05, 4.69) is 100 Å². The molecule has 0 unspecified atom stereocenters. The van der Waals surface area contributed by atoms with Crippen molar-refractivity contribution >= 4 is 43.2 Å². The molecule has 1 aliphatic rings. The van der Waals surface area contributed by atoms with Gasteiger partial charge < -0.3 is 0 Å². The van der Waals surface area contributed by atoms with Crippen LogP contribution in [0.1, 0.15) is 29.2 Å². The van der Waals surface area contributed by atoms with E-state index in [1.54, 1.807) is 14.2 Å². The first-order valence-electron chi connectivity index (χ1n) is 12.0. The van der Waals surface area contributed by atoms with E-state index in [0.717, 1.165) is 26.7 Å². The molecule has 0 aliphatic heterocycles. The molecule has 4 aromatic rings. The minimum atomic E-state index is -3.65. The molecule has 7 heteroatoms. The Kier molecular flexibility index (Phi) is 8.59. The fourth-order valence-corrected chi connectivity index (χ4v) is 15.3. The van der Waals surface area contributed by atoms with Crippen LogP contribution in [0.3, 0.4) is 0 Å². The number of hydrogen-bond acceptors (Lipinski definition) is 3. The summed E-state index contributed by atoms with van der Waals surface area (Å²) >= 11 is -3.65. The second kappa shape index (κ2) is 10.8. The van der Waals surface area contributed by atoms with Crippen LogP contribution >= 0.6 is 24.8 Å². The van der Waals surface area contributed by atoms with E-state index in [0.29, 0.717) is 0 Å². The summed E-state index contributed by atoms with van der Waals surface area (Å²) < 4.78 is 20.9. The van der Waals surface area contributed by atoms with Gasteiger partial charge in [0.15, 0.2) is 0 Å². The van der Waals surface area contributed by atoms with Gasteiger partial charge in [0.2, 0.25) is 0 Å². The summed E-state index contributed by atoms with van der Waals surface area (Å²) in [5.41, 5.74) is 5.20. The largest absolute Gasteiger partial charge is 0.147 e. The predicted octanol–water partition coefficient (Wildman–Crippen LogP) is 7.88. The minimum absolute atomic E-state index is 0. The van der Waals surface area contributed by atoms with Crippen molar-refractivity contribution < 1.29 is 27.2 Å². The van der Waals surface area contributed by atoms with Crippen LogP contribution in [-0.4, -0.2) is 21.9 Å². The molecule has 0 fully saturated rings. The van der Waals surface area contributed by atoms with Gasteiger partial charge in [0.25, 0.3) is 0 Å². The molecule has 0 saturated carbocycles. The number of rotatable bonds is 7. The van der Waals surface area contributed by atoms with Crippen LogP contribution < -0.4 is 12.8 Å². The zero-order valence-electron chi connectivity index (χ0n) is 21.2. The molecule has 0 aromatic heterocycles. The molecule has 0 N–H and O–H groups in total. The molecule has 190 valence electrons. The minimum Gasteiger partial charge on any atom is -0.147 e. The molecule has 0 radical (unpaired) electrons. The van der Waals surface area contributed by atoms with E-state index in [-0.39, 0.29) is 29.0 Å². The number of benzene rings is 4. The zero-order valence-corrected chi connectivity index (χ0v) is 25.9. The molecule has 0 saturated heterocycles. The number of hydrogen-bond donors (Lipinski definition) is 0. The first-order chi connectivity index (χ1) is 16.4. The van der Waals surface area contributed by atoms with Crippen molar-refractivity contribution in [2.75, 3.05) is 14.2 Å². The fraction of sp³-hybridized carbons (Fsp3) is 0.241. The second-order valence-corrected chi connectivity index (χ2v) is 26.0. The van der Waals surface area contributed by atoms with E-state index in [9.17, 15) is 0 Å². The predicted molar refractivity (Wildman–Crippen MR) is 155 cm³/mol. The van der Waals surface area contributed by atoms with Crippen LogP contribution in [0.5, 0.6) is 17.2 Å². The first kappa shape index (κ1) is 28.6. The van der Waals surface area contributed by atoms with Crippen molar-refractivity contribution in [3.05, 3.63) is 90.0 Å². The van der Waals surface area contributed by atoms with Gasteiger partial charge >= 0.3 is 206 Å². The second-order valence-electron chi connectivity index (χ2n) is 9.57. The summed E-state index contributed by atoms with van der Waals surface area (Å²) in [6.07, 6.45) is 0. The van der Waals surface area contributed by atoms with Crippen molar-refractivity contribution in [3.8, 4) is 28.4 Å². The Morgan fingerprint density at radius 3 is 1.67 bits per heavy atom. The van der Waals surface area contributed by atoms with E-state index in [4.69, 9.17) is 12.8 Å². The van der Waals surface area contributed by atoms with Gasteiger partial charge in [-0.1, -0.05) is 0 Å². The van der Waals surface area contributed by atoms with Gasteiger partial charge in [0, 0.05) is 0 Å². The third-order valence-electron chi connectivity index (χ3n) is 7.97. The molecule has 0 spiro atoms. The number of methoxy groups -OCH3 is 2. The van der Waals surface area contributed by atoms with Gasteiger partial charge in [-0.3, -0.25) is 0 Å². The normalized spacial score (nSPS) is 12.7. The Morgan fingerprint density at radius 1 is 0.667 bits per heavy atom. The Hall–Kier alpha value is -1.95. The van der Waals surface area contributed by atoms with Crippen molar-refractivity contribution in [3.63, 3.8) is 0 Å². The molecule has 5 rings (SSSR count). The van der Waals surface area contributed by atoms with Crippen LogP contribution in [0.2, 0.25) is 9.45 Å². The van der Waals surface area contributed by atoms with Crippen molar-refractivity contribution in [2.24, 2.45) is 0 Å². The van der Waals surface area contributed by atoms with Gasteiger partial charge in [0.1, 0.15) is 0 Å². The summed E-state index contributed by atoms with van der Waals surface area (Å²) in [4.78, 5) is 0. The summed E-state index contributed by atoms with van der Waals surface area (Å²) in [5, 5.41) is 2.46. The van der Waals surface area contributed by atoms with Crippen LogP contribution in [0.15, 0.2) is 78.9 Å². The average molecular weight is 577 g/mol. The summed E-state index contributed by atoms with van der Waals surface area (Å²) in [6.45, 7) is 4.67. The monoisotopic (exact) mass is 576 g/mol. The Bertz CT molecular complexity index is 1410. The van der Waals surface area contributed by atoms with Gasteiger partial charge in [-0.15, -0.1) is 24.8 Å². The van der Waals surface area contributed by atoms with Gasteiger partial charge in [-0.25, -0.2) is 0 Å². The van der Waals surface area contributed by atoms with E-state index in [1.165, 1.54) is 33.0 Å². The molecule has 0 amide bonds. The SMILES string of the molecule is C[CH2][Ti](=[SiH2])([CH2]C)([O]c1ccc2ccccc2c1)[CH]1c2ccc(OC)cc2-c2cc(OC)ccc21.Cl.Cl. The quantitative estimate of drug-likeness (QED) is 0.209. The Labute approximate surface area is 229 Å². The Balaban J connectivity index is 0.00000180. The van der Waals surface area contributed by atoms with E-state index in [1.807, 2.05) is 0 Å². The number of halogens is 2. The maximum atomic E-state index is 7.35.